The van der Waals surface area contributed by atoms with Crippen LogP contribution < -0.4 is 11.2 Å². The number of thioether (sulfide) groups is 1. The van der Waals surface area contributed by atoms with Crippen molar-refractivity contribution in [2.45, 2.75) is 38.1 Å². The van der Waals surface area contributed by atoms with E-state index >= 15 is 0 Å². The molecule has 3 rings (SSSR count). The van der Waals surface area contributed by atoms with Gasteiger partial charge in [0.2, 0.25) is 11.1 Å². The molecule has 0 saturated carbocycles. The first-order valence-corrected chi connectivity index (χ1v) is 9.66. The summed E-state index contributed by atoms with van der Waals surface area (Å²) in [5, 5.41) is 10.8. The molecule has 0 saturated heterocycles. The molecule has 6 nitrogen and oxygen atoms in total. The fourth-order valence-electron chi connectivity index (χ4n) is 3.00. The standard InChI is InChI=1S/C20H22FN5OS/c1-11-9-12(2)17(13(3)10-11)23-19(27)14(4)28-20-25-24-18(26(20)22)15-7-5-6-8-16(15)21/h5-10,14H,22H2,1-4H3,(H,23,27)/t14-/m1/s1. The van der Waals surface area contributed by atoms with E-state index in [1.54, 1.807) is 25.1 Å². The summed E-state index contributed by atoms with van der Waals surface area (Å²) < 4.78 is 15.2. The number of amides is 1. The van der Waals surface area contributed by atoms with Crippen molar-refractivity contribution in [1.82, 2.24) is 14.9 Å². The summed E-state index contributed by atoms with van der Waals surface area (Å²) in [7, 11) is 0. The van der Waals surface area contributed by atoms with Crippen LogP contribution in [0.3, 0.4) is 0 Å². The molecule has 0 bridgehead atoms. The van der Waals surface area contributed by atoms with Crippen molar-refractivity contribution in [3.63, 3.8) is 0 Å². The van der Waals surface area contributed by atoms with Crippen molar-refractivity contribution in [3.8, 4) is 11.4 Å². The van der Waals surface area contributed by atoms with Crippen molar-refractivity contribution in [3.05, 3.63) is 58.9 Å². The molecule has 1 atom stereocenters. The van der Waals surface area contributed by atoms with Gasteiger partial charge in [0.05, 0.1) is 10.8 Å². The van der Waals surface area contributed by atoms with Crippen LogP contribution in [0.15, 0.2) is 41.6 Å². The van der Waals surface area contributed by atoms with Crippen LogP contribution in [0.2, 0.25) is 0 Å². The zero-order chi connectivity index (χ0) is 20.4. The Hall–Kier alpha value is -2.87. The van der Waals surface area contributed by atoms with E-state index in [2.05, 4.69) is 15.5 Å². The number of hydrogen-bond donors (Lipinski definition) is 2. The first-order chi connectivity index (χ1) is 13.3. The molecule has 146 valence electrons. The van der Waals surface area contributed by atoms with Crippen molar-refractivity contribution in [1.29, 1.82) is 0 Å². The minimum atomic E-state index is -0.472. The Morgan fingerprint density at radius 1 is 1.18 bits per heavy atom. The minimum absolute atomic E-state index is 0.171. The number of nitrogens with zero attached hydrogens (tertiary/aromatic N) is 3. The highest BCUT2D eigenvalue weighted by molar-refractivity contribution is 8.00. The maximum Gasteiger partial charge on any atom is 0.237 e. The molecule has 1 amide bonds. The number of rotatable bonds is 5. The van der Waals surface area contributed by atoms with Crippen molar-refractivity contribution in [2.75, 3.05) is 11.2 Å². The predicted octanol–water partition coefficient (Wildman–Crippen LogP) is 3.84. The van der Waals surface area contributed by atoms with Gasteiger partial charge in [-0.15, -0.1) is 10.2 Å². The average Bonchev–Trinajstić information content (AvgIpc) is 2.98. The van der Waals surface area contributed by atoms with E-state index in [4.69, 9.17) is 5.84 Å². The lowest BCUT2D eigenvalue weighted by atomic mass is 10.1. The molecule has 8 heteroatoms. The highest BCUT2D eigenvalue weighted by Crippen LogP contribution is 2.28. The molecule has 0 fully saturated rings. The van der Waals surface area contributed by atoms with Crippen LogP contribution in [0.25, 0.3) is 11.4 Å². The molecule has 1 aromatic heterocycles. The number of halogens is 1. The van der Waals surface area contributed by atoms with Crippen LogP contribution in [0.1, 0.15) is 23.6 Å². The Morgan fingerprint density at radius 2 is 1.82 bits per heavy atom. The number of benzene rings is 2. The quantitative estimate of drug-likeness (QED) is 0.503. The molecule has 0 aliphatic heterocycles. The molecule has 0 aliphatic rings. The highest BCUT2D eigenvalue weighted by Gasteiger charge is 2.22. The molecule has 1 heterocycles. The van der Waals surface area contributed by atoms with E-state index in [1.807, 2.05) is 32.9 Å². The number of aromatic nitrogens is 3. The van der Waals surface area contributed by atoms with Crippen LogP contribution in [-0.4, -0.2) is 26.0 Å². The van der Waals surface area contributed by atoms with Gasteiger partial charge in [-0.3, -0.25) is 4.79 Å². The lowest BCUT2D eigenvalue weighted by Crippen LogP contribution is -2.24. The summed E-state index contributed by atoms with van der Waals surface area (Å²) in [5.74, 6) is 5.64. The Bertz CT molecular complexity index is 1010. The molecule has 3 N–H and O–H groups in total. The van der Waals surface area contributed by atoms with E-state index in [0.717, 1.165) is 34.1 Å². The third-order valence-corrected chi connectivity index (χ3v) is 5.41. The summed E-state index contributed by atoms with van der Waals surface area (Å²) >= 11 is 1.16. The van der Waals surface area contributed by atoms with Gasteiger partial charge in [0.1, 0.15) is 5.82 Å². The summed E-state index contributed by atoms with van der Waals surface area (Å²) in [4.78, 5) is 12.7. The number of carbonyl (C=O) groups excluding carboxylic acids is 1. The highest BCUT2D eigenvalue weighted by atomic mass is 32.2. The number of nitrogens with two attached hydrogens (primary N) is 1. The van der Waals surface area contributed by atoms with Gasteiger partial charge in [-0.2, -0.15) is 0 Å². The fraction of sp³-hybridized carbons (Fsp3) is 0.250. The number of nitrogen functional groups attached to an aromatic ring is 1. The SMILES string of the molecule is Cc1cc(C)c(NC(=O)[C@@H](C)Sc2nnc(-c3ccccc3F)n2N)c(C)c1. The molecule has 2 aromatic carbocycles. The Morgan fingerprint density at radius 3 is 2.46 bits per heavy atom. The van der Waals surface area contributed by atoms with Crippen LogP contribution in [-0.2, 0) is 4.79 Å². The van der Waals surface area contributed by atoms with Gasteiger partial charge in [0.25, 0.3) is 0 Å². The van der Waals surface area contributed by atoms with E-state index in [1.165, 1.54) is 10.7 Å². The van der Waals surface area contributed by atoms with Crippen LogP contribution >= 0.6 is 11.8 Å². The van der Waals surface area contributed by atoms with Gasteiger partial charge in [-0.25, -0.2) is 9.07 Å². The first kappa shape index (κ1) is 19.9. The van der Waals surface area contributed by atoms with Gasteiger partial charge >= 0.3 is 0 Å². The monoisotopic (exact) mass is 399 g/mol. The Labute approximate surface area is 167 Å². The predicted molar refractivity (Wildman–Crippen MR) is 110 cm³/mol. The third-order valence-electron chi connectivity index (χ3n) is 4.36. The maximum absolute atomic E-state index is 14.0. The third kappa shape index (κ3) is 4.01. The zero-order valence-electron chi connectivity index (χ0n) is 16.2. The second-order valence-corrected chi connectivity index (χ2v) is 7.99. The number of aryl methyl sites for hydroxylation is 3. The number of carbonyl (C=O) groups is 1. The molecule has 0 radical (unpaired) electrons. The van der Waals surface area contributed by atoms with Gasteiger partial charge in [0.15, 0.2) is 5.82 Å². The maximum atomic E-state index is 14.0. The zero-order valence-corrected chi connectivity index (χ0v) is 17.0. The first-order valence-electron chi connectivity index (χ1n) is 8.78. The molecule has 28 heavy (non-hydrogen) atoms. The van der Waals surface area contributed by atoms with E-state index in [0.29, 0.717) is 5.16 Å². The lowest BCUT2D eigenvalue weighted by Gasteiger charge is -2.16. The summed E-state index contributed by atoms with van der Waals surface area (Å²) in [6.45, 7) is 7.71. The molecule has 0 unspecified atom stereocenters. The van der Waals surface area contributed by atoms with Crippen molar-refractivity contribution < 1.29 is 9.18 Å². The fourth-order valence-corrected chi connectivity index (χ4v) is 3.77. The van der Waals surface area contributed by atoms with Gasteiger partial charge < -0.3 is 11.2 Å². The molecule has 3 aromatic rings. The van der Waals surface area contributed by atoms with E-state index < -0.39 is 11.1 Å². The van der Waals surface area contributed by atoms with Crippen LogP contribution in [0, 0.1) is 26.6 Å². The Balaban J connectivity index is 1.76. The molecular formula is C20H22FN5OS. The Kier molecular flexibility index (Phi) is 5.69. The summed E-state index contributed by atoms with van der Waals surface area (Å²) in [5.41, 5.74) is 4.22. The van der Waals surface area contributed by atoms with E-state index in [9.17, 15) is 9.18 Å². The number of nitrogens with one attached hydrogen (secondary N) is 1. The van der Waals surface area contributed by atoms with E-state index in [-0.39, 0.29) is 17.3 Å². The normalized spacial score (nSPS) is 12.0. The lowest BCUT2D eigenvalue weighted by molar-refractivity contribution is -0.115. The van der Waals surface area contributed by atoms with Crippen LogP contribution in [0.5, 0.6) is 0 Å². The minimum Gasteiger partial charge on any atom is -0.335 e. The number of anilines is 1. The molecule has 0 spiro atoms. The second kappa shape index (κ2) is 8.02. The average molecular weight is 399 g/mol. The van der Waals surface area contributed by atoms with Crippen molar-refractivity contribution >= 4 is 23.4 Å². The largest absolute Gasteiger partial charge is 0.335 e. The van der Waals surface area contributed by atoms with Gasteiger partial charge in [-0.05, 0) is 51.0 Å². The van der Waals surface area contributed by atoms with Crippen molar-refractivity contribution in [2.24, 2.45) is 0 Å². The summed E-state index contributed by atoms with van der Waals surface area (Å²) in [6, 6.07) is 10.3. The van der Waals surface area contributed by atoms with Crippen LogP contribution in [0.4, 0.5) is 10.1 Å². The van der Waals surface area contributed by atoms with Gasteiger partial charge in [-0.1, -0.05) is 41.6 Å². The molecular weight excluding hydrogens is 377 g/mol. The second-order valence-electron chi connectivity index (χ2n) is 6.68. The smallest absolute Gasteiger partial charge is 0.237 e. The van der Waals surface area contributed by atoms with Gasteiger partial charge in [0, 0.05) is 5.69 Å². The summed E-state index contributed by atoms with van der Waals surface area (Å²) in [6.07, 6.45) is 0. The topological polar surface area (TPSA) is 85.8 Å². The molecule has 0 aliphatic carbocycles. The number of hydrogen-bond acceptors (Lipinski definition) is 5.